The monoisotopic (exact) mass is 288 g/mol. The smallest absolute Gasteiger partial charge is 0.305 e. The average molecular weight is 289 g/mol. The molecular weight excluding hydrogens is 280 g/mol. The van der Waals surface area contributed by atoms with E-state index in [0.29, 0.717) is 10.0 Å². The Morgan fingerprint density at radius 1 is 1.62 bits per heavy atom. The molecule has 1 aromatic carbocycles. The predicted molar refractivity (Wildman–Crippen MR) is 60.0 cm³/mol. The highest BCUT2D eigenvalue weighted by Crippen LogP contribution is 2.28. The molecule has 0 aromatic heterocycles. The molecule has 0 aliphatic carbocycles. The van der Waals surface area contributed by atoms with Crippen LogP contribution in [0, 0.1) is 10.1 Å². The molecule has 0 spiro atoms. The molecule has 0 saturated carbocycles. The quantitative estimate of drug-likeness (QED) is 0.649. The van der Waals surface area contributed by atoms with E-state index >= 15 is 0 Å². The third-order valence-corrected chi connectivity index (χ3v) is 2.66. The molecule has 0 amide bonds. The maximum Gasteiger partial charge on any atom is 0.305 e. The molecule has 1 unspecified atom stereocenters. The van der Waals surface area contributed by atoms with Crippen LogP contribution in [0.3, 0.4) is 0 Å². The third kappa shape index (κ3) is 3.01. The van der Waals surface area contributed by atoms with Gasteiger partial charge in [-0.2, -0.15) is 0 Å². The van der Waals surface area contributed by atoms with Crippen molar-refractivity contribution in [3.63, 3.8) is 0 Å². The maximum atomic E-state index is 10.6. The number of benzene rings is 1. The molecule has 0 saturated heterocycles. The van der Waals surface area contributed by atoms with Gasteiger partial charge in [-0.15, -0.1) is 0 Å². The lowest BCUT2D eigenvalue weighted by molar-refractivity contribution is -0.385. The predicted octanol–water partition coefficient (Wildman–Crippen LogP) is 1.83. The summed E-state index contributed by atoms with van der Waals surface area (Å²) in [5.74, 6) is -1.04. The van der Waals surface area contributed by atoms with Crippen molar-refractivity contribution in [1.29, 1.82) is 0 Å². The number of hydrogen-bond acceptors (Lipinski definition) is 4. The second kappa shape index (κ2) is 5.04. The van der Waals surface area contributed by atoms with Gasteiger partial charge in [-0.1, -0.05) is 6.07 Å². The molecule has 0 radical (unpaired) electrons. The van der Waals surface area contributed by atoms with Gasteiger partial charge in [0.05, 0.1) is 15.8 Å². The fourth-order valence-corrected chi connectivity index (χ4v) is 1.60. The van der Waals surface area contributed by atoms with E-state index in [1.807, 2.05) is 0 Å². The summed E-state index contributed by atoms with van der Waals surface area (Å²) in [5, 5.41) is 19.2. The van der Waals surface area contributed by atoms with Crippen LogP contribution in [0.4, 0.5) is 5.69 Å². The van der Waals surface area contributed by atoms with E-state index in [4.69, 9.17) is 10.8 Å². The van der Waals surface area contributed by atoms with Crippen LogP contribution in [0.15, 0.2) is 22.7 Å². The van der Waals surface area contributed by atoms with Crippen LogP contribution < -0.4 is 5.73 Å². The van der Waals surface area contributed by atoms with Crippen LogP contribution in [0.2, 0.25) is 0 Å². The molecule has 0 aliphatic rings. The molecule has 0 fully saturated rings. The van der Waals surface area contributed by atoms with E-state index in [0.717, 1.165) is 0 Å². The Morgan fingerprint density at radius 2 is 2.25 bits per heavy atom. The lowest BCUT2D eigenvalue weighted by atomic mass is 10.0. The van der Waals surface area contributed by atoms with E-state index < -0.39 is 16.9 Å². The largest absolute Gasteiger partial charge is 0.481 e. The normalized spacial score (nSPS) is 12.1. The van der Waals surface area contributed by atoms with Crippen LogP contribution in [0.25, 0.3) is 0 Å². The number of hydrogen-bond donors (Lipinski definition) is 2. The fraction of sp³-hybridized carbons (Fsp3) is 0.222. The first-order chi connectivity index (χ1) is 7.41. The van der Waals surface area contributed by atoms with E-state index in [-0.39, 0.29) is 12.1 Å². The molecule has 1 aromatic rings. The van der Waals surface area contributed by atoms with Crippen molar-refractivity contribution in [3.05, 3.63) is 38.3 Å². The number of carboxylic acids is 1. The Kier molecular flexibility index (Phi) is 3.97. The zero-order chi connectivity index (χ0) is 12.3. The second-order valence-corrected chi connectivity index (χ2v) is 4.03. The van der Waals surface area contributed by atoms with Crippen LogP contribution in [-0.4, -0.2) is 16.0 Å². The van der Waals surface area contributed by atoms with Gasteiger partial charge in [0.25, 0.3) is 5.69 Å². The first-order valence-corrected chi connectivity index (χ1v) is 5.12. The van der Waals surface area contributed by atoms with Crippen LogP contribution in [0.5, 0.6) is 0 Å². The maximum absolute atomic E-state index is 10.6. The van der Waals surface area contributed by atoms with Crippen molar-refractivity contribution in [2.45, 2.75) is 12.5 Å². The number of nitro benzene ring substituents is 1. The van der Waals surface area contributed by atoms with Crippen LogP contribution in [0.1, 0.15) is 18.0 Å². The van der Waals surface area contributed by atoms with Gasteiger partial charge in [-0.05, 0) is 27.6 Å². The van der Waals surface area contributed by atoms with Gasteiger partial charge in [-0.25, -0.2) is 0 Å². The molecule has 16 heavy (non-hydrogen) atoms. The summed E-state index contributed by atoms with van der Waals surface area (Å²) in [6.45, 7) is 0. The Balaban J connectivity index is 3.02. The first-order valence-electron chi connectivity index (χ1n) is 4.33. The minimum absolute atomic E-state index is 0.127. The number of carbonyl (C=O) groups is 1. The van der Waals surface area contributed by atoms with Gasteiger partial charge in [0.1, 0.15) is 0 Å². The number of rotatable bonds is 4. The summed E-state index contributed by atoms with van der Waals surface area (Å²) in [7, 11) is 0. The SMILES string of the molecule is NC(CC(=O)O)c1ccc(Br)c([N+](=O)[O-])c1. The Labute approximate surface area is 99.3 Å². The van der Waals surface area contributed by atoms with Gasteiger partial charge in [0.2, 0.25) is 0 Å². The standard InChI is InChI=1S/C9H9BrN2O4/c10-6-2-1-5(3-8(6)12(15)16)7(11)4-9(13)14/h1-3,7H,4,11H2,(H,13,14). The fourth-order valence-electron chi connectivity index (χ4n) is 1.21. The summed E-state index contributed by atoms with van der Waals surface area (Å²) in [5.41, 5.74) is 5.90. The number of nitrogens with zero attached hydrogens (tertiary/aromatic N) is 1. The van der Waals surface area contributed by atoms with E-state index in [2.05, 4.69) is 15.9 Å². The zero-order valence-corrected chi connectivity index (χ0v) is 9.68. The van der Waals surface area contributed by atoms with Crippen molar-refractivity contribution < 1.29 is 14.8 Å². The first kappa shape index (κ1) is 12.6. The van der Waals surface area contributed by atoms with Gasteiger partial charge < -0.3 is 10.8 Å². The highest BCUT2D eigenvalue weighted by molar-refractivity contribution is 9.10. The molecule has 1 rings (SSSR count). The van der Waals surface area contributed by atoms with Gasteiger partial charge in [0, 0.05) is 12.1 Å². The summed E-state index contributed by atoms with van der Waals surface area (Å²) in [6, 6.07) is 3.57. The van der Waals surface area contributed by atoms with Crippen molar-refractivity contribution in [3.8, 4) is 0 Å². The topological polar surface area (TPSA) is 106 Å². The minimum atomic E-state index is -1.04. The Hall–Kier alpha value is -1.47. The summed E-state index contributed by atoms with van der Waals surface area (Å²) < 4.78 is 0.337. The lowest BCUT2D eigenvalue weighted by Gasteiger charge is -2.09. The molecule has 0 bridgehead atoms. The number of nitrogens with two attached hydrogens (primary N) is 1. The number of aliphatic carboxylic acids is 1. The third-order valence-electron chi connectivity index (χ3n) is 1.99. The van der Waals surface area contributed by atoms with E-state index in [1.54, 1.807) is 6.07 Å². The van der Waals surface area contributed by atoms with Gasteiger partial charge >= 0.3 is 5.97 Å². The van der Waals surface area contributed by atoms with Gasteiger partial charge in [-0.3, -0.25) is 14.9 Å². The molecule has 3 N–H and O–H groups in total. The zero-order valence-electron chi connectivity index (χ0n) is 8.09. The average Bonchev–Trinajstić information content (AvgIpc) is 2.16. The van der Waals surface area contributed by atoms with Crippen LogP contribution in [-0.2, 0) is 4.79 Å². The highest BCUT2D eigenvalue weighted by atomic mass is 79.9. The van der Waals surface area contributed by atoms with Gasteiger partial charge in [0.15, 0.2) is 0 Å². The molecule has 7 heteroatoms. The van der Waals surface area contributed by atoms with Crippen molar-refractivity contribution in [2.24, 2.45) is 5.73 Å². The summed E-state index contributed by atoms with van der Waals surface area (Å²) >= 11 is 3.03. The minimum Gasteiger partial charge on any atom is -0.481 e. The molecular formula is C9H9BrN2O4. The molecule has 6 nitrogen and oxygen atoms in total. The van der Waals surface area contributed by atoms with Crippen molar-refractivity contribution in [1.82, 2.24) is 0 Å². The Bertz CT molecular complexity index is 436. The summed E-state index contributed by atoms with van der Waals surface area (Å²) in [6.07, 6.45) is -0.265. The molecule has 1 atom stereocenters. The van der Waals surface area contributed by atoms with Crippen molar-refractivity contribution >= 4 is 27.6 Å². The lowest BCUT2D eigenvalue weighted by Crippen LogP contribution is -2.15. The van der Waals surface area contributed by atoms with Crippen LogP contribution >= 0.6 is 15.9 Å². The molecule has 0 aliphatic heterocycles. The molecule has 86 valence electrons. The number of nitro groups is 1. The second-order valence-electron chi connectivity index (χ2n) is 3.17. The van der Waals surface area contributed by atoms with E-state index in [1.165, 1.54) is 12.1 Å². The number of carboxylic acid groups (broad SMARTS) is 1. The van der Waals surface area contributed by atoms with E-state index in [9.17, 15) is 14.9 Å². The van der Waals surface area contributed by atoms with Crippen molar-refractivity contribution in [2.75, 3.05) is 0 Å². The molecule has 0 heterocycles. The summed E-state index contributed by atoms with van der Waals surface area (Å²) in [4.78, 5) is 20.5. The highest BCUT2D eigenvalue weighted by Gasteiger charge is 2.17. The number of halogens is 1. The Morgan fingerprint density at radius 3 is 2.75 bits per heavy atom.